The lowest BCUT2D eigenvalue weighted by molar-refractivity contribution is 0.518. The second-order valence-electron chi connectivity index (χ2n) is 5.52. The number of benzene rings is 2. The summed E-state index contributed by atoms with van der Waals surface area (Å²) in [6.45, 7) is 0.591. The first-order valence-electron chi connectivity index (χ1n) is 7.71. The van der Waals surface area contributed by atoms with Gasteiger partial charge in [-0.2, -0.15) is 0 Å². The molecule has 0 atom stereocenters. The van der Waals surface area contributed by atoms with Crippen LogP contribution in [0.15, 0.2) is 77.4 Å². The number of pyridine rings is 1. The van der Waals surface area contributed by atoms with Crippen LogP contribution in [0.1, 0.15) is 5.76 Å². The number of hydrogen-bond donors (Lipinski definition) is 1. The molecule has 0 saturated carbocycles. The van der Waals surface area contributed by atoms with E-state index in [0.29, 0.717) is 11.6 Å². The third-order valence-corrected chi connectivity index (χ3v) is 4.11. The van der Waals surface area contributed by atoms with Gasteiger partial charge in [-0.1, -0.05) is 41.9 Å². The Hall–Kier alpha value is -2.78. The molecule has 0 bridgehead atoms. The summed E-state index contributed by atoms with van der Waals surface area (Å²) < 4.78 is 5.37. The molecule has 0 aliphatic carbocycles. The van der Waals surface area contributed by atoms with Crippen LogP contribution in [0.25, 0.3) is 22.0 Å². The SMILES string of the molecule is Clc1ccc2nc(NCc3ccco3)cc(-c3ccccc3)c2c1. The van der Waals surface area contributed by atoms with Gasteiger partial charge in [0.25, 0.3) is 0 Å². The largest absolute Gasteiger partial charge is 0.467 e. The molecule has 0 saturated heterocycles. The molecule has 1 N–H and O–H groups in total. The molecule has 2 aromatic carbocycles. The number of aromatic nitrogens is 1. The van der Waals surface area contributed by atoms with Crippen molar-refractivity contribution in [1.29, 1.82) is 0 Å². The third-order valence-electron chi connectivity index (χ3n) is 3.88. The Bertz CT molecular complexity index is 966. The number of rotatable bonds is 4. The Balaban J connectivity index is 1.80. The van der Waals surface area contributed by atoms with Crippen molar-refractivity contribution in [3.05, 3.63) is 83.8 Å². The van der Waals surface area contributed by atoms with Crippen molar-refractivity contribution in [3.63, 3.8) is 0 Å². The van der Waals surface area contributed by atoms with Crippen LogP contribution in [0, 0.1) is 0 Å². The summed E-state index contributed by atoms with van der Waals surface area (Å²) in [4.78, 5) is 4.69. The zero-order valence-electron chi connectivity index (χ0n) is 12.9. The van der Waals surface area contributed by atoms with Gasteiger partial charge in [0.1, 0.15) is 11.6 Å². The van der Waals surface area contributed by atoms with E-state index in [1.54, 1.807) is 6.26 Å². The van der Waals surface area contributed by atoms with Crippen LogP contribution in [-0.4, -0.2) is 4.98 Å². The molecule has 0 unspecified atom stereocenters. The number of furan rings is 1. The second-order valence-corrected chi connectivity index (χ2v) is 5.95. The van der Waals surface area contributed by atoms with Gasteiger partial charge < -0.3 is 9.73 Å². The smallest absolute Gasteiger partial charge is 0.127 e. The first-order valence-corrected chi connectivity index (χ1v) is 8.09. The van der Waals surface area contributed by atoms with Gasteiger partial charge in [0.2, 0.25) is 0 Å². The van der Waals surface area contributed by atoms with Gasteiger partial charge >= 0.3 is 0 Å². The van der Waals surface area contributed by atoms with E-state index in [2.05, 4.69) is 23.5 Å². The van der Waals surface area contributed by atoms with Crippen LogP contribution in [0.4, 0.5) is 5.82 Å². The summed E-state index contributed by atoms with van der Waals surface area (Å²) in [6.07, 6.45) is 1.67. The maximum Gasteiger partial charge on any atom is 0.127 e. The second kappa shape index (κ2) is 6.38. The number of hydrogen-bond acceptors (Lipinski definition) is 3. The lowest BCUT2D eigenvalue weighted by atomic mass is 10.0. The van der Waals surface area contributed by atoms with E-state index in [0.717, 1.165) is 33.6 Å². The van der Waals surface area contributed by atoms with Crippen LogP contribution in [0.3, 0.4) is 0 Å². The Kier molecular flexibility index (Phi) is 3.93. The van der Waals surface area contributed by atoms with Crippen molar-refractivity contribution in [1.82, 2.24) is 4.98 Å². The number of halogens is 1. The molecular formula is C20H15ClN2O. The van der Waals surface area contributed by atoms with Crippen molar-refractivity contribution >= 4 is 28.3 Å². The molecule has 118 valence electrons. The molecule has 0 aliphatic rings. The van der Waals surface area contributed by atoms with Gasteiger partial charge in [-0.15, -0.1) is 0 Å². The van der Waals surface area contributed by atoms with Gasteiger partial charge in [-0.3, -0.25) is 0 Å². The minimum absolute atomic E-state index is 0.591. The zero-order valence-corrected chi connectivity index (χ0v) is 13.6. The van der Waals surface area contributed by atoms with Crippen molar-refractivity contribution < 1.29 is 4.42 Å². The van der Waals surface area contributed by atoms with E-state index < -0.39 is 0 Å². The predicted molar refractivity (Wildman–Crippen MR) is 98.2 cm³/mol. The Morgan fingerprint density at radius 3 is 2.62 bits per heavy atom. The van der Waals surface area contributed by atoms with Gasteiger partial charge in [-0.25, -0.2) is 4.98 Å². The van der Waals surface area contributed by atoms with E-state index in [-0.39, 0.29) is 0 Å². The number of nitrogens with zero attached hydrogens (tertiary/aromatic N) is 1. The molecule has 0 aliphatic heterocycles. The standard InChI is InChI=1S/C20H15ClN2O/c21-15-8-9-19-18(11-15)17(14-5-2-1-3-6-14)12-20(23-19)22-13-16-7-4-10-24-16/h1-12H,13H2,(H,22,23). The molecule has 2 heterocycles. The predicted octanol–water partition coefficient (Wildman–Crippen LogP) is 5.76. The summed E-state index contributed by atoms with van der Waals surface area (Å²) in [5.74, 6) is 1.68. The van der Waals surface area contributed by atoms with Gasteiger partial charge in [0, 0.05) is 10.4 Å². The van der Waals surface area contributed by atoms with E-state index >= 15 is 0 Å². The average molecular weight is 335 g/mol. The topological polar surface area (TPSA) is 38.1 Å². The maximum absolute atomic E-state index is 6.19. The van der Waals surface area contributed by atoms with Crippen LogP contribution >= 0.6 is 11.6 Å². The highest BCUT2D eigenvalue weighted by Crippen LogP contribution is 2.32. The number of anilines is 1. The van der Waals surface area contributed by atoms with Gasteiger partial charge in [-0.05, 0) is 47.5 Å². The molecular weight excluding hydrogens is 320 g/mol. The Morgan fingerprint density at radius 1 is 0.958 bits per heavy atom. The molecule has 0 fully saturated rings. The average Bonchev–Trinajstić information content (AvgIpc) is 3.14. The molecule has 3 nitrogen and oxygen atoms in total. The van der Waals surface area contributed by atoms with E-state index in [1.165, 1.54) is 0 Å². The fraction of sp³-hybridized carbons (Fsp3) is 0.0500. The summed E-state index contributed by atoms with van der Waals surface area (Å²) in [6, 6.07) is 21.9. The first-order chi connectivity index (χ1) is 11.8. The lowest BCUT2D eigenvalue weighted by Crippen LogP contribution is -2.01. The molecule has 0 radical (unpaired) electrons. The van der Waals surface area contributed by atoms with Crippen LogP contribution in [0.2, 0.25) is 5.02 Å². The zero-order chi connectivity index (χ0) is 16.4. The van der Waals surface area contributed by atoms with E-state index in [1.807, 2.05) is 48.5 Å². The Labute approximate surface area is 144 Å². The summed E-state index contributed by atoms with van der Waals surface area (Å²) >= 11 is 6.19. The molecule has 24 heavy (non-hydrogen) atoms. The minimum Gasteiger partial charge on any atom is -0.467 e. The fourth-order valence-electron chi connectivity index (χ4n) is 2.74. The molecule has 2 aromatic heterocycles. The number of fused-ring (bicyclic) bond motifs is 1. The quantitative estimate of drug-likeness (QED) is 0.515. The summed E-state index contributed by atoms with van der Waals surface area (Å²) in [5.41, 5.74) is 3.14. The highest BCUT2D eigenvalue weighted by atomic mass is 35.5. The van der Waals surface area contributed by atoms with Crippen molar-refractivity contribution in [3.8, 4) is 11.1 Å². The number of nitrogens with one attached hydrogen (secondary N) is 1. The maximum atomic E-state index is 6.19. The monoisotopic (exact) mass is 334 g/mol. The highest BCUT2D eigenvalue weighted by Gasteiger charge is 2.09. The molecule has 4 aromatic rings. The van der Waals surface area contributed by atoms with E-state index in [4.69, 9.17) is 21.0 Å². The molecule has 0 amide bonds. The fourth-order valence-corrected chi connectivity index (χ4v) is 2.91. The van der Waals surface area contributed by atoms with Crippen LogP contribution in [0.5, 0.6) is 0 Å². The van der Waals surface area contributed by atoms with Gasteiger partial charge in [0.05, 0.1) is 18.3 Å². The lowest BCUT2D eigenvalue weighted by Gasteiger charge is -2.11. The molecule has 4 heteroatoms. The molecule has 0 spiro atoms. The third kappa shape index (κ3) is 2.99. The van der Waals surface area contributed by atoms with Crippen molar-refractivity contribution in [2.24, 2.45) is 0 Å². The summed E-state index contributed by atoms with van der Waals surface area (Å²) in [5, 5.41) is 5.07. The minimum atomic E-state index is 0.591. The Morgan fingerprint density at radius 2 is 1.83 bits per heavy atom. The normalized spacial score (nSPS) is 10.9. The van der Waals surface area contributed by atoms with Crippen LogP contribution in [-0.2, 0) is 6.54 Å². The highest BCUT2D eigenvalue weighted by molar-refractivity contribution is 6.31. The first kappa shape index (κ1) is 14.8. The molecule has 4 rings (SSSR count). The van der Waals surface area contributed by atoms with Crippen molar-refractivity contribution in [2.75, 3.05) is 5.32 Å². The van der Waals surface area contributed by atoms with E-state index in [9.17, 15) is 0 Å². The van der Waals surface area contributed by atoms with Crippen LogP contribution < -0.4 is 5.32 Å². The van der Waals surface area contributed by atoms with Gasteiger partial charge in [0.15, 0.2) is 0 Å². The summed E-state index contributed by atoms with van der Waals surface area (Å²) in [7, 11) is 0. The van der Waals surface area contributed by atoms with Crippen molar-refractivity contribution in [2.45, 2.75) is 6.54 Å².